The number of unbranched alkanes of at least 4 members (excludes halogenated alkanes) is 25. The summed E-state index contributed by atoms with van der Waals surface area (Å²) in [4.78, 5) is 12.9. The Morgan fingerprint density at radius 3 is 1.53 bits per heavy atom. The van der Waals surface area contributed by atoms with Gasteiger partial charge in [0.15, 0.2) is 6.29 Å². The Labute approximate surface area is 325 Å². The first-order valence-corrected chi connectivity index (χ1v) is 22.4. The van der Waals surface area contributed by atoms with Crippen LogP contribution in [0.4, 0.5) is 0 Å². The lowest BCUT2D eigenvalue weighted by Crippen LogP contribution is -2.60. The number of aliphatic hydroxyl groups is 5. The minimum Gasteiger partial charge on any atom is -0.394 e. The van der Waals surface area contributed by atoms with E-state index in [0.29, 0.717) is 12.8 Å². The van der Waals surface area contributed by atoms with E-state index >= 15 is 0 Å². The molecule has 9 heteroatoms. The molecule has 0 aromatic heterocycles. The summed E-state index contributed by atoms with van der Waals surface area (Å²) in [5.41, 5.74) is 0. The number of ether oxygens (including phenoxy) is 2. The Hall–Kier alpha value is -1.07. The summed E-state index contributed by atoms with van der Waals surface area (Å²) in [6, 6.07) is -0.728. The molecule has 53 heavy (non-hydrogen) atoms. The molecule has 0 radical (unpaired) electrons. The van der Waals surface area contributed by atoms with Crippen molar-refractivity contribution in [3.63, 3.8) is 0 Å². The van der Waals surface area contributed by atoms with Gasteiger partial charge in [0.05, 0.1) is 25.4 Å². The standard InChI is InChI=1S/C44H85NO8/c1-3-5-7-9-11-13-15-17-18-19-20-21-22-24-26-28-30-32-34-40(48)45-37(36-52-44-43(51)42(50)41(49)39(35-46)53-44)38(47)33-31-29-27-25-23-16-14-12-10-8-6-4-2/h23,25,37-39,41-44,46-47,49-51H,3-22,24,26-36H2,1-2H3,(H,45,48)/b25-23+/t37-,38+,39-,41-,42?,43?,44-/m0/s1. The third kappa shape index (κ3) is 26.4. The fourth-order valence-corrected chi connectivity index (χ4v) is 7.21. The third-order valence-electron chi connectivity index (χ3n) is 10.9. The number of aliphatic hydroxyl groups excluding tert-OH is 5. The summed E-state index contributed by atoms with van der Waals surface area (Å²) < 4.78 is 11.2. The van der Waals surface area contributed by atoms with Crippen LogP contribution in [0.1, 0.15) is 206 Å². The van der Waals surface area contributed by atoms with Crippen LogP contribution in [0, 0.1) is 0 Å². The summed E-state index contributed by atoms with van der Waals surface area (Å²) in [5, 5.41) is 54.2. The van der Waals surface area contributed by atoms with Crippen molar-refractivity contribution in [3.8, 4) is 0 Å². The summed E-state index contributed by atoms with van der Waals surface area (Å²) in [5.74, 6) is -0.152. The summed E-state index contributed by atoms with van der Waals surface area (Å²) in [7, 11) is 0. The average molecular weight is 756 g/mol. The van der Waals surface area contributed by atoms with Crippen LogP contribution in [0.3, 0.4) is 0 Å². The van der Waals surface area contributed by atoms with Crippen LogP contribution in [0.2, 0.25) is 0 Å². The topological polar surface area (TPSA) is 149 Å². The molecule has 0 bridgehead atoms. The van der Waals surface area contributed by atoms with E-state index in [-0.39, 0.29) is 12.5 Å². The Balaban J connectivity index is 2.32. The van der Waals surface area contributed by atoms with Gasteiger partial charge in [-0.25, -0.2) is 0 Å². The van der Waals surface area contributed by atoms with Crippen molar-refractivity contribution >= 4 is 5.91 Å². The second kappa shape index (κ2) is 35.4. The predicted octanol–water partition coefficient (Wildman–Crippen LogP) is 8.95. The summed E-state index contributed by atoms with van der Waals surface area (Å²) >= 11 is 0. The van der Waals surface area contributed by atoms with E-state index in [1.165, 1.54) is 135 Å². The van der Waals surface area contributed by atoms with Gasteiger partial charge < -0.3 is 40.3 Å². The second-order valence-electron chi connectivity index (χ2n) is 15.8. The van der Waals surface area contributed by atoms with Crippen LogP contribution < -0.4 is 5.32 Å². The van der Waals surface area contributed by atoms with Crippen molar-refractivity contribution in [1.29, 1.82) is 0 Å². The van der Waals surface area contributed by atoms with Gasteiger partial charge in [-0.3, -0.25) is 4.79 Å². The van der Waals surface area contributed by atoms with Crippen molar-refractivity contribution in [3.05, 3.63) is 12.2 Å². The Morgan fingerprint density at radius 1 is 0.623 bits per heavy atom. The molecule has 0 aromatic rings. The minimum absolute atomic E-state index is 0.146. The van der Waals surface area contributed by atoms with E-state index in [2.05, 4.69) is 31.3 Å². The Bertz CT molecular complexity index is 842. The second-order valence-corrected chi connectivity index (χ2v) is 15.8. The quantitative estimate of drug-likeness (QED) is 0.0272. The van der Waals surface area contributed by atoms with Gasteiger partial charge in [0.25, 0.3) is 0 Å². The van der Waals surface area contributed by atoms with Gasteiger partial charge in [-0.05, 0) is 38.5 Å². The Kier molecular flexibility index (Phi) is 33.3. The van der Waals surface area contributed by atoms with Gasteiger partial charge in [0, 0.05) is 6.42 Å². The van der Waals surface area contributed by atoms with Crippen molar-refractivity contribution < 1.29 is 39.8 Å². The van der Waals surface area contributed by atoms with Gasteiger partial charge >= 0.3 is 0 Å². The van der Waals surface area contributed by atoms with Gasteiger partial charge in [-0.15, -0.1) is 0 Å². The lowest BCUT2D eigenvalue weighted by Gasteiger charge is -2.40. The fourth-order valence-electron chi connectivity index (χ4n) is 7.21. The highest BCUT2D eigenvalue weighted by Gasteiger charge is 2.44. The molecule has 1 saturated heterocycles. The van der Waals surface area contributed by atoms with Gasteiger partial charge in [-0.1, -0.05) is 174 Å². The molecule has 1 rings (SSSR count). The molecule has 1 fully saturated rings. The predicted molar refractivity (Wildman–Crippen MR) is 217 cm³/mol. The van der Waals surface area contributed by atoms with Crippen molar-refractivity contribution in [1.82, 2.24) is 5.32 Å². The van der Waals surface area contributed by atoms with Crippen molar-refractivity contribution in [2.24, 2.45) is 0 Å². The van der Waals surface area contributed by atoms with Gasteiger partial charge in [-0.2, -0.15) is 0 Å². The number of nitrogens with one attached hydrogen (secondary N) is 1. The first-order chi connectivity index (χ1) is 25.8. The highest BCUT2D eigenvalue weighted by atomic mass is 16.7. The maximum absolute atomic E-state index is 12.9. The molecular formula is C44H85NO8. The molecule has 1 aliphatic rings. The maximum Gasteiger partial charge on any atom is 0.220 e. The van der Waals surface area contributed by atoms with E-state index in [0.717, 1.165) is 44.9 Å². The molecule has 0 spiro atoms. The van der Waals surface area contributed by atoms with Crippen LogP contribution in [0.15, 0.2) is 12.2 Å². The van der Waals surface area contributed by atoms with E-state index in [9.17, 15) is 30.3 Å². The number of rotatable bonds is 37. The average Bonchev–Trinajstić information content (AvgIpc) is 3.16. The lowest BCUT2D eigenvalue weighted by atomic mass is 9.99. The van der Waals surface area contributed by atoms with Crippen LogP contribution in [0.5, 0.6) is 0 Å². The molecule has 1 heterocycles. The molecule has 2 unspecified atom stereocenters. The zero-order chi connectivity index (χ0) is 38.8. The van der Waals surface area contributed by atoms with Crippen LogP contribution in [-0.2, 0) is 14.3 Å². The van der Waals surface area contributed by atoms with E-state index in [4.69, 9.17) is 9.47 Å². The van der Waals surface area contributed by atoms with Crippen LogP contribution in [-0.4, -0.2) is 87.5 Å². The molecule has 314 valence electrons. The smallest absolute Gasteiger partial charge is 0.220 e. The molecule has 7 atom stereocenters. The third-order valence-corrected chi connectivity index (χ3v) is 10.9. The minimum atomic E-state index is -1.55. The normalized spacial score (nSPS) is 21.7. The largest absolute Gasteiger partial charge is 0.394 e. The highest BCUT2D eigenvalue weighted by Crippen LogP contribution is 2.23. The first kappa shape index (κ1) is 49.9. The highest BCUT2D eigenvalue weighted by molar-refractivity contribution is 5.76. The molecule has 0 aliphatic carbocycles. The van der Waals surface area contributed by atoms with Crippen molar-refractivity contribution in [2.75, 3.05) is 13.2 Å². The summed E-state index contributed by atoms with van der Waals surface area (Å²) in [6.45, 7) is 3.81. The fraction of sp³-hybridized carbons (Fsp3) is 0.932. The first-order valence-electron chi connectivity index (χ1n) is 22.4. The zero-order valence-electron chi connectivity index (χ0n) is 34.3. The summed E-state index contributed by atoms with van der Waals surface area (Å²) in [6.07, 6.45) is 32.2. The van der Waals surface area contributed by atoms with Crippen LogP contribution in [0.25, 0.3) is 0 Å². The van der Waals surface area contributed by atoms with Gasteiger partial charge in [0.1, 0.15) is 24.4 Å². The number of hydrogen-bond acceptors (Lipinski definition) is 8. The number of allylic oxidation sites excluding steroid dienone is 2. The van der Waals surface area contributed by atoms with Gasteiger partial charge in [0.2, 0.25) is 5.91 Å². The number of carbonyl (C=O) groups excluding carboxylic acids is 1. The van der Waals surface area contributed by atoms with Crippen LogP contribution >= 0.6 is 0 Å². The number of amides is 1. The molecule has 0 aromatic carbocycles. The van der Waals surface area contributed by atoms with Crippen molar-refractivity contribution in [2.45, 2.75) is 249 Å². The monoisotopic (exact) mass is 756 g/mol. The number of carbonyl (C=O) groups is 1. The zero-order valence-corrected chi connectivity index (χ0v) is 34.3. The SMILES string of the molecule is CCCCCCCC/C=C/CCCC[C@@H](O)[C@H](CO[C@H]1O[C@@H](CO)[C@H](O)C(O)C1O)NC(=O)CCCCCCCCCCCCCCCCCCCC. The molecule has 6 N–H and O–H groups in total. The molecule has 9 nitrogen and oxygen atoms in total. The number of hydrogen-bond donors (Lipinski definition) is 6. The molecule has 1 aliphatic heterocycles. The Morgan fingerprint density at radius 2 is 1.06 bits per heavy atom. The van der Waals surface area contributed by atoms with E-state index < -0.39 is 49.5 Å². The molecular weight excluding hydrogens is 670 g/mol. The van der Waals surface area contributed by atoms with E-state index in [1.54, 1.807) is 0 Å². The lowest BCUT2D eigenvalue weighted by molar-refractivity contribution is -0.302. The maximum atomic E-state index is 12.9. The molecule has 0 saturated carbocycles. The van der Waals surface area contributed by atoms with E-state index in [1.807, 2.05) is 0 Å². The molecule has 1 amide bonds.